The van der Waals surface area contributed by atoms with Crippen molar-refractivity contribution in [3.05, 3.63) is 35.6 Å². The monoisotopic (exact) mass is 239 g/mol. The summed E-state index contributed by atoms with van der Waals surface area (Å²) in [6.45, 7) is 7.10. The van der Waals surface area contributed by atoms with Crippen molar-refractivity contribution in [1.29, 1.82) is 0 Å². The zero-order valence-electron chi connectivity index (χ0n) is 10.8. The molecule has 0 saturated heterocycles. The van der Waals surface area contributed by atoms with Crippen LogP contribution in [0, 0.1) is 11.7 Å². The average molecular weight is 239 g/mol. The summed E-state index contributed by atoms with van der Waals surface area (Å²) in [5.41, 5.74) is 0.474. The molecule has 0 aliphatic carbocycles. The van der Waals surface area contributed by atoms with Gasteiger partial charge in [-0.15, -0.1) is 0 Å². The second-order valence-electron chi connectivity index (χ2n) is 4.88. The predicted octanol–water partition coefficient (Wildman–Crippen LogP) is 2.67. The highest BCUT2D eigenvalue weighted by molar-refractivity contribution is 5.25. The summed E-state index contributed by atoms with van der Waals surface area (Å²) >= 11 is 0. The van der Waals surface area contributed by atoms with Crippen molar-refractivity contribution < 1.29 is 9.50 Å². The number of halogens is 1. The van der Waals surface area contributed by atoms with Crippen molar-refractivity contribution in [3.8, 4) is 0 Å². The summed E-state index contributed by atoms with van der Waals surface area (Å²) < 4.78 is 12.9. The van der Waals surface area contributed by atoms with E-state index < -0.39 is 5.54 Å². The smallest absolute Gasteiger partial charge is 0.123 e. The van der Waals surface area contributed by atoms with Crippen molar-refractivity contribution >= 4 is 0 Å². The van der Waals surface area contributed by atoms with Gasteiger partial charge in [0.1, 0.15) is 5.82 Å². The van der Waals surface area contributed by atoms with E-state index in [1.165, 1.54) is 12.1 Å². The van der Waals surface area contributed by atoms with Crippen LogP contribution in [-0.2, 0) is 5.54 Å². The molecule has 1 aromatic carbocycles. The summed E-state index contributed by atoms with van der Waals surface area (Å²) in [7, 11) is 0. The normalized spacial score (nSPS) is 14.9. The van der Waals surface area contributed by atoms with E-state index in [1.807, 2.05) is 6.92 Å². The third-order valence-corrected chi connectivity index (χ3v) is 3.12. The summed E-state index contributed by atoms with van der Waals surface area (Å²) in [6, 6.07) is 6.35. The molecule has 0 aromatic heterocycles. The molecule has 1 unspecified atom stereocenters. The molecule has 0 fully saturated rings. The molecule has 1 atom stereocenters. The van der Waals surface area contributed by atoms with Crippen LogP contribution in [0.3, 0.4) is 0 Å². The summed E-state index contributed by atoms with van der Waals surface area (Å²) in [6.07, 6.45) is 0.766. The third kappa shape index (κ3) is 3.51. The van der Waals surface area contributed by atoms with Crippen molar-refractivity contribution in [1.82, 2.24) is 5.32 Å². The lowest BCUT2D eigenvalue weighted by Crippen LogP contribution is -2.46. The van der Waals surface area contributed by atoms with Gasteiger partial charge in [-0.3, -0.25) is 0 Å². The van der Waals surface area contributed by atoms with Crippen LogP contribution in [-0.4, -0.2) is 18.3 Å². The largest absolute Gasteiger partial charge is 0.394 e. The Morgan fingerprint density at radius 3 is 2.29 bits per heavy atom. The first-order valence-corrected chi connectivity index (χ1v) is 6.16. The Balaban J connectivity index is 2.93. The predicted molar refractivity (Wildman–Crippen MR) is 68.3 cm³/mol. The van der Waals surface area contributed by atoms with Gasteiger partial charge in [0.2, 0.25) is 0 Å². The number of hydrogen-bond acceptors (Lipinski definition) is 2. The van der Waals surface area contributed by atoms with Gasteiger partial charge in [0.15, 0.2) is 0 Å². The molecule has 0 bridgehead atoms. The van der Waals surface area contributed by atoms with Gasteiger partial charge < -0.3 is 10.4 Å². The van der Waals surface area contributed by atoms with E-state index in [9.17, 15) is 9.50 Å². The van der Waals surface area contributed by atoms with Crippen molar-refractivity contribution in [2.24, 2.45) is 5.92 Å². The topological polar surface area (TPSA) is 32.3 Å². The Hall–Kier alpha value is -0.930. The number of aliphatic hydroxyl groups is 1. The van der Waals surface area contributed by atoms with E-state index in [1.54, 1.807) is 12.1 Å². The van der Waals surface area contributed by atoms with E-state index in [0.29, 0.717) is 5.92 Å². The minimum atomic E-state index is -0.460. The van der Waals surface area contributed by atoms with E-state index in [2.05, 4.69) is 19.2 Å². The Morgan fingerprint density at radius 2 is 1.88 bits per heavy atom. The maximum absolute atomic E-state index is 12.9. The molecule has 96 valence electrons. The molecule has 2 nitrogen and oxygen atoms in total. The molecular formula is C14H22FNO. The molecular weight excluding hydrogens is 217 g/mol. The molecule has 2 N–H and O–H groups in total. The number of nitrogens with one attached hydrogen (secondary N) is 1. The minimum Gasteiger partial charge on any atom is -0.394 e. The molecule has 1 aromatic rings. The third-order valence-electron chi connectivity index (χ3n) is 3.12. The molecule has 17 heavy (non-hydrogen) atoms. The lowest BCUT2D eigenvalue weighted by atomic mass is 9.87. The Labute approximate surface area is 103 Å². The second-order valence-corrected chi connectivity index (χ2v) is 4.88. The van der Waals surface area contributed by atoms with Gasteiger partial charge in [-0.25, -0.2) is 4.39 Å². The van der Waals surface area contributed by atoms with Crippen LogP contribution in [0.4, 0.5) is 4.39 Å². The quantitative estimate of drug-likeness (QED) is 0.800. The second kappa shape index (κ2) is 6.12. The first-order valence-electron chi connectivity index (χ1n) is 6.16. The molecule has 0 spiro atoms. The number of benzene rings is 1. The highest BCUT2D eigenvalue weighted by Crippen LogP contribution is 2.25. The summed E-state index contributed by atoms with van der Waals surface area (Å²) in [4.78, 5) is 0. The van der Waals surface area contributed by atoms with Crippen LogP contribution in [0.2, 0.25) is 0 Å². The SMILES string of the molecule is CCC(CO)(NCC(C)C)c1ccc(F)cc1. The van der Waals surface area contributed by atoms with Gasteiger partial charge in [0.05, 0.1) is 12.1 Å². The van der Waals surface area contributed by atoms with Crippen molar-refractivity contribution in [2.45, 2.75) is 32.7 Å². The number of rotatable bonds is 6. The fraction of sp³-hybridized carbons (Fsp3) is 0.571. The highest BCUT2D eigenvalue weighted by atomic mass is 19.1. The average Bonchev–Trinajstić information content (AvgIpc) is 2.32. The maximum atomic E-state index is 12.9. The van der Waals surface area contributed by atoms with Gasteiger partial charge in [-0.1, -0.05) is 32.9 Å². The van der Waals surface area contributed by atoms with E-state index in [0.717, 1.165) is 18.5 Å². The number of aliphatic hydroxyl groups excluding tert-OH is 1. The fourth-order valence-electron chi connectivity index (χ4n) is 1.86. The standard InChI is InChI=1S/C14H22FNO/c1-4-14(10-17,16-9-11(2)3)12-5-7-13(15)8-6-12/h5-8,11,16-17H,4,9-10H2,1-3H3. The highest BCUT2D eigenvalue weighted by Gasteiger charge is 2.29. The molecule has 0 amide bonds. The molecule has 0 aliphatic heterocycles. The van der Waals surface area contributed by atoms with Crippen LogP contribution in [0.25, 0.3) is 0 Å². The Kier molecular flexibility index (Phi) is 5.09. The Morgan fingerprint density at radius 1 is 1.29 bits per heavy atom. The van der Waals surface area contributed by atoms with Gasteiger partial charge in [0, 0.05) is 0 Å². The first-order chi connectivity index (χ1) is 8.04. The van der Waals surface area contributed by atoms with Crippen LogP contribution in [0.5, 0.6) is 0 Å². The van der Waals surface area contributed by atoms with Crippen LogP contribution in [0.1, 0.15) is 32.8 Å². The molecule has 0 saturated carbocycles. The molecule has 3 heteroatoms. The fourth-order valence-corrected chi connectivity index (χ4v) is 1.86. The van der Waals surface area contributed by atoms with Gasteiger partial charge in [-0.05, 0) is 36.6 Å². The maximum Gasteiger partial charge on any atom is 0.123 e. The minimum absolute atomic E-state index is 0.0157. The van der Waals surface area contributed by atoms with Gasteiger partial charge in [-0.2, -0.15) is 0 Å². The van der Waals surface area contributed by atoms with Crippen LogP contribution < -0.4 is 5.32 Å². The van der Waals surface area contributed by atoms with Crippen molar-refractivity contribution in [2.75, 3.05) is 13.2 Å². The van der Waals surface area contributed by atoms with Crippen LogP contribution in [0.15, 0.2) is 24.3 Å². The van der Waals surface area contributed by atoms with E-state index in [-0.39, 0.29) is 12.4 Å². The first kappa shape index (κ1) is 14.1. The Bertz CT molecular complexity index is 331. The van der Waals surface area contributed by atoms with E-state index >= 15 is 0 Å². The lowest BCUT2D eigenvalue weighted by Gasteiger charge is -2.33. The summed E-state index contributed by atoms with van der Waals surface area (Å²) in [5, 5.41) is 13.1. The van der Waals surface area contributed by atoms with Crippen LogP contribution >= 0.6 is 0 Å². The molecule has 0 aliphatic rings. The van der Waals surface area contributed by atoms with Gasteiger partial charge in [0.25, 0.3) is 0 Å². The van der Waals surface area contributed by atoms with Crippen molar-refractivity contribution in [3.63, 3.8) is 0 Å². The number of hydrogen-bond donors (Lipinski definition) is 2. The van der Waals surface area contributed by atoms with Gasteiger partial charge >= 0.3 is 0 Å². The zero-order chi connectivity index (χ0) is 12.9. The summed E-state index contributed by atoms with van der Waals surface area (Å²) in [5.74, 6) is 0.258. The molecule has 0 heterocycles. The molecule has 0 radical (unpaired) electrons. The van der Waals surface area contributed by atoms with E-state index in [4.69, 9.17) is 0 Å². The molecule has 1 rings (SSSR count). The lowest BCUT2D eigenvalue weighted by molar-refractivity contribution is 0.151. The zero-order valence-corrected chi connectivity index (χ0v) is 10.8.